The zero-order valence-corrected chi connectivity index (χ0v) is 18.0. The van der Waals surface area contributed by atoms with Gasteiger partial charge >= 0.3 is 5.97 Å². The number of hydrogen-bond acceptors (Lipinski definition) is 5. The van der Waals surface area contributed by atoms with Gasteiger partial charge < -0.3 is 24.6 Å². The van der Waals surface area contributed by atoms with Crippen molar-refractivity contribution in [2.24, 2.45) is 0 Å². The van der Waals surface area contributed by atoms with Gasteiger partial charge in [0.2, 0.25) is 0 Å². The standard InChI is InChI=1S/C23H24N4O3S/c1-30-22(29)16-8-10-17(11-9-16)26-13-4-7-19(26)21-20(18-6-2-3-12-24-18)25-23(31)27(21)14-5-15-28/h2-4,6-13,20-21,28H,5,14-15H2,1H3,(H,25,31)/t20-,21-/m1/s1. The lowest BCUT2D eigenvalue weighted by atomic mass is 10.0. The Morgan fingerprint density at radius 1 is 1.19 bits per heavy atom. The van der Waals surface area contributed by atoms with Crippen molar-refractivity contribution in [3.05, 3.63) is 83.9 Å². The third-order valence-corrected chi connectivity index (χ3v) is 5.76. The average molecular weight is 437 g/mol. The molecule has 1 aromatic carbocycles. The van der Waals surface area contributed by atoms with Gasteiger partial charge in [-0.3, -0.25) is 4.98 Å². The van der Waals surface area contributed by atoms with Gasteiger partial charge in [0.15, 0.2) is 5.11 Å². The molecule has 3 aromatic rings. The summed E-state index contributed by atoms with van der Waals surface area (Å²) in [5.41, 5.74) is 3.36. The number of methoxy groups -OCH3 is 1. The molecular weight excluding hydrogens is 412 g/mol. The molecule has 0 spiro atoms. The van der Waals surface area contributed by atoms with E-state index in [0.29, 0.717) is 23.6 Å². The molecule has 2 aromatic heterocycles. The number of ether oxygens (including phenoxy) is 1. The molecule has 1 aliphatic rings. The third kappa shape index (κ3) is 4.17. The van der Waals surface area contributed by atoms with Crippen LogP contribution in [-0.2, 0) is 4.74 Å². The molecule has 4 rings (SSSR count). The van der Waals surface area contributed by atoms with Gasteiger partial charge in [-0.15, -0.1) is 0 Å². The van der Waals surface area contributed by atoms with Gasteiger partial charge in [0.25, 0.3) is 0 Å². The Balaban J connectivity index is 1.74. The van der Waals surface area contributed by atoms with Crippen LogP contribution >= 0.6 is 12.2 Å². The largest absolute Gasteiger partial charge is 0.465 e. The highest BCUT2D eigenvalue weighted by molar-refractivity contribution is 7.80. The van der Waals surface area contributed by atoms with Gasteiger partial charge in [0.05, 0.1) is 30.5 Å². The lowest BCUT2D eigenvalue weighted by Crippen LogP contribution is -2.31. The molecule has 0 saturated carbocycles. The normalized spacial score (nSPS) is 18.1. The maximum atomic E-state index is 11.8. The molecule has 8 heteroatoms. The lowest BCUT2D eigenvalue weighted by molar-refractivity contribution is 0.0600. The molecule has 31 heavy (non-hydrogen) atoms. The van der Waals surface area contributed by atoms with Gasteiger partial charge in [-0.05, 0) is 67.2 Å². The fraction of sp³-hybridized carbons (Fsp3) is 0.261. The van der Waals surface area contributed by atoms with Crippen molar-refractivity contribution in [3.63, 3.8) is 0 Å². The maximum Gasteiger partial charge on any atom is 0.337 e. The van der Waals surface area contributed by atoms with Crippen LogP contribution in [0.2, 0.25) is 0 Å². The number of carbonyl (C=O) groups excluding carboxylic acids is 1. The fourth-order valence-electron chi connectivity index (χ4n) is 3.96. The molecule has 1 fully saturated rings. The number of rotatable bonds is 7. The number of benzene rings is 1. The highest BCUT2D eigenvalue weighted by Gasteiger charge is 2.40. The van der Waals surface area contributed by atoms with E-state index in [2.05, 4.69) is 25.8 Å². The zero-order valence-electron chi connectivity index (χ0n) is 17.1. The second-order valence-corrected chi connectivity index (χ2v) is 7.63. The minimum atomic E-state index is -0.366. The van der Waals surface area contributed by atoms with E-state index in [1.807, 2.05) is 42.6 Å². The molecule has 7 nitrogen and oxygen atoms in total. The monoisotopic (exact) mass is 436 g/mol. The summed E-state index contributed by atoms with van der Waals surface area (Å²) in [6.45, 7) is 0.721. The van der Waals surface area contributed by atoms with Crippen LogP contribution in [0.5, 0.6) is 0 Å². The topological polar surface area (TPSA) is 79.6 Å². The van der Waals surface area contributed by atoms with Crippen molar-refractivity contribution in [3.8, 4) is 5.69 Å². The maximum absolute atomic E-state index is 11.8. The van der Waals surface area contributed by atoms with E-state index >= 15 is 0 Å². The predicted molar refractivity (Wildman–Crippen MR) is 121 cm³/mol. The van der Waals surface area contributed by atoms with Gasteiger partial charge in [-0.2, -0.15) is 0 Å². The van der Waals surface area contributed by atoms with E-state index < -0.39 is 0 Å². The highest BCUT2D eigenvalue weighted by atomic mass is 32.1. The lowest BCUT2D eigenvalue weighted by Gasteiger charge is -2.28. The van der Waals surface area contributed by atoms with Crippen LogP contribution in [-0.4, -0.2) is 50.9 Å². The summed E-state index contributed by atoms with van der Waals surface area (Å²) in [6.07, 6.45) is 4.38. The summed E-state index contributed by atoms with van der Waals surface area (Å²) in [7, 11) is 1.37. The molecule has 0 unspecified atom stereocenters. The molecule has 0 radical (unpaired) electrons. The van der Waals surface area contributed by atoms with E-state index in [1.54, 1.807) is 18.3 Å². The molecule has 0 aliphatic carbocycles. The SMILES string of the molecule is COC(=O)c1ccc(-n2cccc2[C@@H]2[C@@H](c3ccccn3)NC(=S)N2CCCO)cc1. The van der Waals surface area contributed by atoms with E-state index in [0.717, 1.165) is 17.1 Å². The number of nitrogens with one attached hydrogen (secondary N) is 1. The summed E-state index contributed by atoms with van der Waals surface area (Å²) in [5, 5.41) is 13.4. The van der Waals surface area contributed by atoms with Crippen LogP contribution in [0.3, 0.4) is 0 Å². The third-order valence-electron chi connectivity index (χ3n) is 5.40. The summed E-state index contributed by atoms with van der Waals surface area (Å²) in [6, 6.07) is 17.0. The van der Waals surface area contributed by atoms with Crippen molar-refractivity contribution in [1.29, 1.82) is 0 Å². The number of pyridine rings is 1. The summed E-state index contributed by atoms with van der Waals surface area (Å²) >= 11 is 5.65. The fourth-order valence-corrected chi connectivity index (χ4v) is 4.29. The number of aliphatic hydroxyl groups excluding tert-OH is 1. The van der Waals surface area contributed by atoms with E-state index in [4.69, 9.17) is 17.0 Å². The van der Waals surface area contributed by atoms with Gasteiger partial charge in [0.1, 0.15) is 0 Å². The average Bonchev–Trinajstić information content (AvgIpc) is 3.42. The molecule has 160 valence electrons. The molecule has 3 heterocycles. The van der Waals surface area contributed by atoms with E-state index in [-0.39, 0.29) is 24.7 Å². The second kappa shape index (κ2) is 9.28. The van der Waals surface area contributed by atoms with Gasteiger partial charge in [0, 0.05) is 36.9 Å². The number of nitrogens with zero attached hydrogens (tertiary/aromatic N) is 3. The second-order valence-electron chi connectivity index (χ2n) is 7.24. The van der Waals surface area contributed by atoms with Gasteiger partial charge in [-0.1, -0.05) is 6.07 Å². The van der Waals surface area contributed by atoms with Crippen molar-refractivity contribution < 1.29 is 14.6 Å². The smallest absolute Gasteiger partial charge is 0.337 e. The minimum absolute atomic E-state index is 0.0933. The Labute approximate surface area is 186 Å². The zero-order chi connectivity index (χ0) is 21.8. The molecule has 0 amide bonds. The number of aromatic nitrogens is 2. The van der Waals surface area contributed by atoms with Crippen LogP contribution in [0, 0.1) is 0 Å². The van der Waals surface area contributed by atoms with Crippen LogP contribution in [0.25, 0.3) is 5.69 Å². The Morgan fingerprint density at radius 3 is 2.68 bits per heavy atom. The van der Waals surface area contributed by atoms with E-state index in [9.17, 15) is 9.90 Å². The quantitative estimate of drug-likeness (QED) is 0.435. The first kappa shape index (κ1) is 21.0. The Kier molecular flexibility index (Phi) is 6.29. The first-order valence-corrected chi connectivity index (χ1v) is 10.5. The number of hydrogen-bond donors (Lipinski definition) is 2. The highest BCUT2D eigenvalue weighted by Crippen LogP contribution is 2.39. The minimum Gasteiger partial charge on any atom is -0.465 e. The predicted octanol–water partition coefficient (Wildman–Crippen LogP) is 3.01. The molecule has 1 aliphatic heterocycles. The number of aliphatic hydroxyl groups is 1. The van der Waals surface area contributed by atoms with Crippen molar-refractivity contribution in [2.45, 2.75) is 18.5 Å². The van der Waals surface area contributed by atoms with E-state index in [1.165, 1.54) is 7.11 Å². The number of thiocarbonyl (C=S) groups is 1. The number of carbonyl (C=O) groups is 1. The molecule has 0 bridgehead atoms. The Morgan fingerprint density at radius 2 is 2.00 bits per heavy atom. The van der Waals surface area contributed by atoms with Crippen molar-refractivity contribution >= 4 is 23.3 Å². The van der Waals surface area contributed by atoms with Crippen LogP contribution in [0.1, 0.15) is 40.3 Å². The Bertz CT molecular complexity index is 1050. The molecule has 1 saturated heterocycles. The first-order valence-electron chi connectivity index (χ1n) is 10.1. The van der Waals surface area contributed by atoms with Crippen LogP contribution in [0.15, 0.2) is 67.0 Å². The summed E-state index contributed by atoms with van der Waals surface area (Å²) in [4.78, 5) is 18.4. The first-order chi connectivity index (χ1) is 15.1. The van der Waals surface area contributed by atoms with Crippen LogP contribution < -0.4 is 5.32 Å². The van der Waals surface area contributed by atoms with Crippen molar-refractivity contribution in [1.82, 2.24) is 19.8 Å². The van der Waals surface area contributed by atoms with Crippen molar-refractivity contribution in [2.75, 3.05) is 20.3 Å². The summed E-state index contributed by atoms with van der Waals surface area (Å²) in [5.74, 6) is -0.366. The summed E-state index contributed by atoms with van der Waals surface area (Å²) < 4.78 is 6.88. The molecule has 2 N–H and O–H groups in total. The molecular formula is C23H24N4O3S. The molecule has 2 atom stereocenters. The van der Waals surface area contributed by atoms with Gasteiger partial charge in [-0.25, -0.2) is 4.79 Å². The van der Waals surface area contributed by atoms with Crippen LogP contribution in [0.4, 0.5) is 0 Å². The Hall–Kier alpha value is -3.23. The number of esters is 1.